The standard InChI is InChI=1S/3C21H19N2O.3C13H12N.3Ir/c2*1-12(2)18-10-19(22-11-13(18)3)17-7-5-6-15-16-9-8-14(4)23-21(16)24-20(15)17;1-4-14-11-19(22-12-15(14)5-2)18-8-6-7-16-17-10-9-13(3)23-21(17)24-20(16)18;1-10-8-13(14-9-11(10)2)12-6-4-3-5-7-12;1-10-8-11(2)14-13(9-10)12-6-4-3-5-7-12;1-10-8-9-14-13(11(10)2)12-6-4-3-5-7-12;;;/h2*5-6,8-12H,1-4H3;6-7,9-12H,4-5H2,1-3H3;3*3-6,8-9H,1-2H3;;;/q6*-1;;;/i2*1D3,2D3,3D3,12D;4D2,5D2;2*2D3;;;;. The molecule has 12 nitrogen and oxygen atoms in total. The fraction of sp³-hybridized carbons (Fsp3) is 0.206. The van der Waals surface area contributed by atoms with Crippen LogP contribution < -0.4 is 0 Å². The average Bonchev–Trinajstić information content (AvgIpc) is 0.995. The van der Waals surface area contributed by atoms with E-state index in [0.29, 0.717) is 67.2 Å². The maximum absolute atomic E-state index is 8.57. The normalized spacial score (nSPS) is 15.9. The summed E-state index contributed by atoms with van der Waals surface area (Å²) in [5.74, 6) is -6.44. The molecule has 0 saturated heterocycles. The number of pyridine rings is 9. The van der Waals surface area contributed by atoms with Crippen molar-refractivity contribution >= 4 is 66.2 Å². The number of aryl methyl sites for hydroxylation is 12. The van der Waals surface area contributed by atoms with Crippen LogP contribution in [0.15, 0.2) is 232 Å². The van der Waals surface area contributed by atoms with Gasteiger partial charge in [-0.05, 0) is 216 Å². The largest absolute Gasteiger partial charge is 0.486 e. The van der Waals surface area contributed by atoms with E-state index in [9.17, 15) is 0 Å². The maximum Gasteiger partial charge on any atom is 0.216 e. The van der Waals surface area contributed by atoms with Gasteiger partial charge >= 0.3 is 0 Å². The molecule has 6 aromatic carbocycles. The molecule has 0 aliphatic rings. The summed E-state index contributed by atoms with van der Waals surface area (Å²) >= 11 is 0. The molecule has 0 aliphatic heterocycles. The van der Waals surface area contributed by atoms with Crippen molar-refractivity contribution in [3.63, 3.8) is 0 Å². The van der Waals surface area contributed by atoms with E-state index in [-0.39, 0.29) is 99.7 Å². The van der Waals surface area contributed by atoms with Gasteiger partial charge in [-0.2, -0.15) is 0 Å². The quantitative estimate of drug-likeness (QED) is 0.120. The summed E-state index contributed by atoms with van der Waals surface area (Å²) in [5, 5.41) is 4.55. The van der Waals surface area contributed by atoms with Crippen molar-refractivity contribution in [2.24, 2.45) is 0 Å². The number of nitrogens with zero attached hydrogens (tertiary/aromatic N) is 9. The second kappa shape index (κ2) is 40.3. The number of hydrogen-bond donors (Lipinski definition) is 0. The Kier molecular flexibility index (Phi) is 19.1. The molecule has 0 amide bonds. The number of hydrogen-bond acceptors (Lipinski definition) is 12. The molecule has 0 atom stereocenters. The molecular formula is C102H93Ir3N9O3-6. The predicted octanol–water partition coefficient (Wildman–Crippen LogP) is 25.9. The zero-order chi connectivity index (χ0) is 106. The van der Waals surface area contributed by atoms with E-state index < -0.39 is 102 Å². The van der Waals surface area contributed by atoms with Gasteiger partial charge in [0.15, 0.2) is 0 Å². The van der Waals surface area contributed by atoms with Crippen molar-refractivity contribution < 1.29 is 115 Å². The van der Waals surface area contributed by atoms with Crippen molar-refractivity contribution in [2.75, 3.05) is 0 Å². The average molecular weight is 2100 g/mol. The third kappa shape index (κ3) is 20.7. The summed E-state index contributed by atoms with van der Waals surface area (Å²) in [4.78, 5) is 38.7. The summed E-state index contributed by atoms with van der Waals surface area (Å²) < 4.78 is 252. The smallest absolute Gasteiger partial charge is 0.216 e. The fourth-order valence-corrected chi connectivity index (χ4v) is 12.4. The minimum Gasteiger partial charge on any atom is -0.486 e. The van der Waals surface area contributed by atoms with Crippen LogP contribution in [0, 0.1) is 112 Å². The van der Waals surface area contributed by atoms with Crippen molar-refractivity contribution in [3.8, 4) is 67.5 Å². The van der Waals surface area contributed by atoms with Gasteiger partial charge in [-0.1, -0.05) is 132 Å². The van der Waals surface area contributed by atoms with Gasteiger partial charge in [0, 0.05) is 171 Å². The molecule has 597 valence electrons. The van der Waals surface area contributed by atoms with Crippen LogP contribution >= 0.6 is 0 Å². The van der Waals surface area contributed by atoms with Crippen LogP contribution in [0.3, 0.4) is 0 Å². The van der Waals surface area contributed by atoms with E-state index in [0.717, 1.165) is 102 Å². The van der Waals surface area contributed by atoms with E-state index in [1.807, 2.05) is 141 Å². The number of furan rings is 3. The number of rotatable bonds is 10. The third-order valence-electron chi connectivity index (χ3n) is 18.4. The fourth-order valence-electron chi connectivity index (χ4n) is 12.4. The van der Waals surface area contributed by atoms with Gasteiger partial charge < -0.3 is 43.2 Å². The predicted molar refractivity (Wildman–Crippen MR) is 465 cm³/mol. The SMILES string of the molecule is Cc1ccnc(-c2[c-]cccc2)c1C.[2H]C([2H])(C)c1cnc(-c2[c-]ccc3c2oc2nc(C)ccc23)cc1C([2H])([2H])C.[2H]C([2H])([2H])c1cc(C)cc(-c2[c-]cccc2)n1.[2H]C([2H])([2H])c1cnc(-c2[c-]ccc3c2oc2nc(C)ccc23)cc1C([2H])(C([2H])([2H])[2H])C([2H])([2H])[2H].[2H]C([2H])([2H])c1cnc(-c2[c-]ccc3c2oc2nc(C)ccc23)cc1C([2H])(C([2H])([2H])[2H])C([2H])([2H])[2H].[2H]C([2H])([2H])c1cnc(-c2[c-]cccc2)cc1C.[Ir].[Ir].[Ir]. The van der Waals surface area contributed by atoms with E-state index in [1.54, 1.807) is 75.4 Å². The molecule has 0 bridgehead atoms. The summed E-state index contributed by atoms with van der Waals surface area (Å²) in [6.45, 7) is -7.38. The van der Waals surface area contributed by atoms with Crippen LogP contribution in [0.5, 0.6) is 0 Å². The molecule has 0 unspecified atom stereocenters. The van der Waals surface area contributed by atoms with Gasteiger partial charge in [0.1, 0.15) is 0 Å². The molecule has 117 heavy (non-hydrogen) atoms. The van der Waals surface area contributed by atoms with Crippen LogP contribution in [0.2, 0.25) is 0 Å². The van der Waals surface area contributed by atoms with Gasteiger partial charge in [0.05, 0.1) is 16.7 Å². The van der Waals surface area contributed by atoms with Crippen LogP contribution in [-0.4, -0.2) is 44.9 Å². The first-order valence-corrected chi connectivity index (χ1v) is 35.9. The van der Waals surface area contributed by atoms with Gasteiger partial charge in [-0.3, -0.25) is 0 Å². The van der Waals surface area contributed by atoms with Crippen LogP contribution in [0.4, 0.5) is 0 Å². The maximum atomic E-state index is 8.57. The van der Waals surface area contributed by atoms with Crippen molar-refractivity contribution in [1.82, 2.24) is 44.9 Å². The molecule has 0 saturated carbocycles. The van der Waals surface area contributed by atoms with E-state index in [2.05, 4.69) is 95.1 Å². The Morgan fingerprint density at radius 1 is 0.359 bits per heavy atom. The van der Waals surface area contributed by atoms with Gasteiger partial charge in [0.25, 0.3) is 0 Å². The van der Waals surface area contributed by atoms with Crippen LogP contribution in [-0.2, 0) is 73.1 Å². The molecular weight excluding hydrogens is 1980 g/mol. The second-order valence-corrected chi connectivity index (χ2v) is 26.3. The van der Waals surface area contributed by atoms with Crippen molar-refractivity contribution in [3.05, 3.63) is 339 Å². The Morgan fingerprint density at radius 3 is 1.22 bits per heavy atom. The number of aromatic nitrogens is 9. The number of benzene rings is 6. The van der Waals surface area contributed by atoms with Gasteiger partial charge in [-0.25, -0.2) is 15.0 Å². The van der Waals surface area contributed by atoms with E-state index in [4.69, 9.17) is 54.4 Å². The van der Waals surface area contributed by atoms with Gasteiger partial charge in [-0.15, -0.1) is 162 Å². The Morgan fingerprint density at radius 2 is 0.795 bits per heavy atom. The Balaban J connectivity index is 0.000000185. The zero-order valence-corrected chi connectivity index (χ0v) is 71.7. The molecule has 15 heteroatoms. The first-order chi connectivity index (χ1) is 66.9. The molecule has 12 heterocycles. The molecule has 0 N–H and O–H groups in total. The van der Waals surface area contributed by atoms with Crippen LogP contribution in [0.25, 0.3) is 134 Å². The second-order valence-electron chi connectivity index (χ2n) is 26.3. The Labute approximate surface area is 770 Å². The first-order valence-electron chi connectivity index (χ1n) is 50.9. The summed E-state index contributed by atoms with van der Waals surface area (Å²) in [6, 6.07) is 73.6. The topological polar surface area (TPSA) is 155 Å². The molecule has 18 aromatic rings. The van der Waals surface area contributed by atoms with E-state index in [1.165, 1.54) is 37.4 Å². The van der Waals surface area contributed by atoms with Crippen LogP contribution in [0.1, 0.15) is 178 Å². The minimum absolute atomic E-state index is 0. The Hall–Kier alpha value is -11.0. The van der Waals surface area contributed by atoms with Crippen molar-refractivity contribution in [2.45, 2.75) is 142 Å². The molecule has 0 spiro atoms. The summed E-state index contributed by atoms with van der Waals surface area (Å²) in [5.41, 5.74) is 14.0. The zero-order valence-electron chi connectivity index (χ0n) is 94.5. The summed E-state index contributed by atoms with van der Waals surface area (Å²) in [7, 11) is 0. The van der Waals surface area contributed by atoms with E-state index >= 15 is 0 Å². The molecule has 18 rings (SSSR count). The molecule has 12 aromatic heterocycles. The molecule has 0 aliphatic carbocycles. The third-order valence-corrected chi connectivity index (χ3v) is 18.4. The minimum atomic E-state index is -3.37. The Bertz CT molecular complexity index is 7510. The van der Waals surface area contributed by atoms with Crippen molar-refractivity contribution in [1.29, 1.82) is 0 Å². The summed E-state index contributed by atoms with van der Waals surface area (Å²) in [6.07, 6.45) is 3.05. The first kappa shape index (κ1) is 55.6. The molecule has 0 fully saturated rings. The monoisotopic (exact) mass is 2100 g/mol. The number of fused-ring (bicyclic) bond motifs is 9. The molecule has 3 radical (unpaired) electrons. The van der Waals surface area contributed by atoms with Gasteiger partial charge in [0.2, 0.25) is 17.1 Å².